The summed E-state index contributed by atoms with van der Waals surface area (Å²) in [7, 11) is 0. The van der Waals surface area contributed by atoms with E-state index in [9.17, 15) is 0 Å². The lowest BCUT2D eigenvalue weighted by molar-refractivity contribution is -0.0692. The summed E-state index contributed by atoms with van der Waals surface area (Å²) < 4.78 is 0. The normalized spacial score (nSPS) is 53.0. The fourth-order valence-electron chi connectivity index (χ4n) is 7.02. The van der Waals surface area contributed by atoms with E-state index in [1.54, 1.807) is 5.57 Å². The number of fused-ring (bicyclic) bond motifs is 5. The van der Waals surface area contributed by atoms with Crippen LogP contribution in [-0.2, 0) is 0 Å². The van der Waals surface area contributed by atoms with Crippen molar-refractivity contribution in [1.82, 2.24) is 0 Å². The van der Waals surface area contributed by atoms with E-state index < -0.39 is 0 Å². The molecule has 0 aromatic rings. The average Bonchev–Trinajstić information content (AvgIpc) is 2.82. The van der Waals surface area contributed by atoms with Gasteiger partial charge in [-0.3, -0.25) is 0 Å². The van der Waals surface area contributed by atoms with Gasteiger partial charge >= 0.3 is 0 Å². The van der Waals surface area contributed by atoms with E-state index in [1.165, 1.54) is 63.4 Å². The van der Waals surface area contributed by atoms with Gasteiger partial charge in [0.1, 0.15) is 0 Å². The van der Waals surface area contributed by atoms with Crippen LogP contribution in [0.15, 0.2) is 24.3 Å². The largest absolute Gasteiger partial charge is 0.0999 e. The molecule has 0 heteroatoms. The fourth-order valence-corrected chi connectivity index (χ4v) is 7.02. The Morgan fingerprint density at radius 3 is 2.57 bits per heavy atom. The van der Waals surface area contributed by atoms with Crippen molar-refractivity contribution in [2.75, 3.05) is 0 Å². The van der Waals surface area contributed by atoms with E-state index in [0.29, 0.717) is 10.8 Å². The molecule has 116 valence electrons. The Balaban J connectivity index is 1.70. The smallest absolute Gasteiger partial charge is 0.0139 e. The van der Waals surface area contributed by atoms with Crippen LogP contribution in [-0.4, -0.2) is 0 Å². The first-order valence-corrected chi connectivity index (χ1v) is 9.28. The van der Waals surface area contributed by atoms with E-state index in [4.69, 9.17) is 0 Å². The second-order valence-electron chi connectivity index (χ2n) is 9.34. The predicted molar refractivity (Wildman–Crippen MR) is 90.0 cm³/mol. The van der Waals surface area contributed by atoms with Gasteiger partial charge in [0.25, 0.3) is 0 Å². The van der Waals surface area contributed by atoms with E-state index in [0.717, 1.165) is 23.7 Å². The Morgan fingerprint density at radius 2 is 1.76 bits per heavy atom. The van der Waals surface area contributed by atoms with E-state index in [-0.39, 0.29) is 0 Å². The maximum atomic E-state index is 4.61. The molecule has 0 aromatic heterocycles. The first-order chi connectivity index (χ1) is 9.94. The van der Waals surface area contributed by atoms with E-state index >= 15 is 0 Å². The van der Waals surface area contributed by atoms with Crippen molar-refractivity contribution in [2.24, 2.45) is 34.5 Å². The lowest BCUT2D eigenvalue weighted by Crippen LogP contribution is -2.52. The second kappa shape index (κ2) is 4.49. The van der Waals surface area contributed by atoms with Crippen LogP contribution in [0.25, 0.3) is 0 Å². The van der Waals surface area contributed by atoms with Gasteiger partial charge in [-0.2, -0.15) is 0 Å². The molecule has 4 saturated carbocycles. The molecular formula is C21H32. The third-order valence-electron chi connectivity index (χ3n) is 8.36. The van der Waals surface area contributed by atoms with Gasteiger partial charge < -0.3 is 0 Å². The van der Waals surface area contributed by atoms with Crippen LogP contribution in [0.4, 0.5) is 0 Å². The molecule has 21 heavy (non-hydrogen) atoms. The van der Waals surface area contributed by atoms with Crippen LogP contribution >= 0.6 is 0 Å². The zero-order valence-electron chi connectivity index (χ0n) is 14.1. The fraction of sp³-hybridized carbons (Fsp3) is 0.810. The van der Waals surface area contributed by atoms with Crippen molar-refractivity contribution in [3.05, 3.63) is 24.3 Å². The molecule has 4 fully saturated rings. The topological polar surface area (TPSA) is 0 Å². The Bertz CT molecular complexity index is 486. The third kappa shape index (κ3) is 1.87. The summed E-state index contributed by atoms with van der Waals surface area (Å²) in [5.74, 6) is 3.57. The monoisotopic (exact) mass is 284 g/mol. The van der Waals surface area contributed by atoms with Crippen molar-refractivity contribution in [3.8, 4) is 0 Å². The Kier molecular flexibility index (Phi) is 3.02. The number of allylic oxidation sites excluding steroid dienone is 2. The molecule has 0 saturated heterocycles. The average molecular weight is 284 g/mol. The maximum Gasteiger partial charge on any atom is -0.0139 e. The molecule has 0 amide bonds. The molecule has 4 aliphatic rings. The van der Waals surface area contributed by atoms with Crippen molar-refractivity contribution in [1.29, 1.82) is 0 Å². The summed E-state index contributed by atoms with van der Waals surface area (Å²) in [5, 5.41) is 0. The van der Waals surface area contributed by atoms with Gasteiger partial charge in [0.15, 0.2) is 0 Å². The highest BCUT2D eigenvalue weighted by molar-refractivity contribution is 5.22. The van der Waals surface area contributed by atoms with Crippen LogP contribution in [0.5, 0.6) is 0 Å². The van der Waals surface area contributed by atoms with E-state index in [2.05, 4.69) is 27.0 Å². The summed E-state index contributed by atoms with van der Waals surface area (Å²) >= 11 is 0. The van der Waals surface area contributed by atoms with Gasteiger partial charge in [-0.1, -0.05) is 44.6 Å². The van der Waals surface area contributed by atoms with Crippen LogP contribution in [0, 0.1) is 34.5 Å². The molecule has 4 aliphatic carbocycles. The summed E-state index contributed by atoms with van der Waals surface area (Å²) in [5.41, 5.74) is 4.35. The molecule has 4 rings (SSSR count). The molecule has 6 atom stereocenters. The summed E-state index contributed by atoms with van der Waals surface area (Å²) in [6.07, 6.45) is 12.6. The molecule has 0 radical (unpaired) electrons. The molecule has 0 aromatic carbocycles. The van der Waals surface area contributed by atoms with Gasteiger partial charge in [-0.15, -0.1) is 0 Å². The minimum absolute atomic E-state index is 0.580. The highest BCUT2D eigenvalue weighted by Gasteiger charge is 2.58. The Labute approximate surface area is 131 Å². The van der Waals surface area contributed by atoms with Crippen LogP contribution < -0.4 is 0 Å². The Morgan fingerprint density at radius 1 is 0.952 bits per heavy atom. The van der Waals surface area contributed by atoms with Gasteiger partial charge in [-0.05, 0) is 85.9 Å². The minimum Gasteiger partial charge on any atom is -0.0999 e. The van der Waals surface area contributed by atoms with Crippen molar-refractivity contribution < 1.29 is 0 Å². The lowest BCUT2D eigenvalue weighted by atomic mass is 9.44. The summed E-state index contributed by atoms with van der Waals surface area (Å²) in [4.78, 5) is 0. The van der Waals surface area contributed by atoms with Crippen molar-refractivity contribution >= 4 is 0 Å². The number of hydrogen-bond donors (Lipinski definition) is 0. The molecule has 0 N–H and O–H groups in total. The van der Waals surface area contributed by atoms with Gasteiger partial charge in [0.05, 0.1) is 0 Å². The molecular weight excluding hydrogens is 252 g/mol. The van der Waals surface area contributed by atoms with Crippen LogP contribution in [0.1, 0.15) is 71.6 Å². The number of hydrogen-bond acceptors (Lipinski definition) is 0. The third-order valence-corrected chi connectivity index (χ3v) is 8.36. The summed E-state index contributed by atoms with van der Waals surface area (Å²) in [6, 6.07) is 0. The van der Waals surface area contributed by atoms with Gasteiger partial charge in [-0.25, -0.2) is 0 Å². The van der Waals surface area contributed by atoms with Crippen molar-refractivity contribution in [2.45, 2.75) is 71.6 Å². The Hall–Kier alpha value is -0.520. The molecule has 0 aliphatic heterocycles. The molecule has 0 spiro atoms. The first kappa shape index (κ1) is 14.1. The maximum absolute atomic E-state index is 4.61. The number of rotatable bonds is 0. The van der Waals surface area contributed by atoms with Crippen LogP contribution in [0.2, 0.25) is 0 Å². The standard InChI is InChI=1S/C21H32/c1-14-7-11-21(4)16(12-14)13-15(2)19-17-6-5-9-20(17,3)10-8-18(19)21/h16-19H,1-2,5-13H2,3-4H3/t16?,17?,18?,19?,20?,21-/m0/s1. The zero-order chi connectivity index (χ0) is 14.8. The molecule has 0 bridgehead atoms. The highest BCUT2D eigenvalue weighted by atomic mass is 14.6. The van der Waals surface area contributed by atoms with Crippen molar-refractivity contribution in [3.63, 3.8) is 0 Å². The van der Waals surface area contributed by atoms with Crippen LogP contribution in [0.3, 0.4) is 0 Å². The molecule has 0 nitrogen and oxygen atoms in total. The first-order valence-electron chi connectivity index (χ1n) is 9.28. The predicted octanol–water partition coefficient (Wildman–Crippen LogP) is 6.14. The second-order valence-corrected chi connectivity index (χ2v) is 9.34. The molecule has 5 unspecified atom stereocenters. The minimum atomic E-state index is 0.580. The lowest BCUT2D eigenvalue weighted by Gasteiger charge is -2.60. The quantitative estimate of drug-likeness (QED) is 0.469. The van der Waals surface area contributed by atoms with Gasteiger partial charge in [0.2, 0.25) is 0 Å². The highest BCUT2D eigenvalue weighted by Crippen LogP contribution is 2.67. The summed E-state index contributed by atoms with van der Waals surface area (Å²) in [6.45, 7) is 14.1. The van der Waals surface area contributed by atoms with E-state index in [1.807, 2.05) is 0 Å². The molecule has 0 heterocycles. The van der Waals surface area contributed by atoms with Gasteiger partial charge in [0, 0.05) is 0 Å². The zero-order valence-corrected chi connectivity index (χ0v) is 14.1. The SMILES string of the molecule is C=C1CC[C@@]2(C)C(C1)CC(=C)C1C3CCCC3(C)CCC12.